The van der Waals surface area contributed by atoms with Crippen molar-refractivity contribution >= 4 is 0 Å². The average Bonchev–Trinajstić information content (AvgIpc) is 2.49. The van der Waals surface area contributed by atoms with E-state index in [1.54, 1.807) is 18.3 Å². The minimum atomic E-state index is -4.32. The maximum Gasteiger partial charge on any atom is 0.411 e. The third-order valence-corrected chi connectivity index (χ3v) is 4.38. The Bertz CT molecular complexity index is 429. The molecule has 1 unspecified atom stereocenters. The van der Waals surface area contributed by atoms with Gasteiger partial charge in [0.2, 0.25) is 0 Å². The predicted molar refractivity (Wildman–Crippen MR) is 74.8 cm³/mol. The minimum absolute atomic E-state index is 0.105. The molecule has 1 aromatic heterocycles. The largest absolute Gasteiger partial charge is 0.411 e. The van der Waals surface area contributed by atoms with Crippen LogP contribution in [0.1, 0.15) is 51.1 Å². The number of pyridine rings is 1. The van der Waals surface area contributed by atoms with Gasteiger partial charge in [-0.2, -0.15) is 13.2 Å². The molecule has 0 bridgehead atoms. The summed E-state index contributed by atoms with van der Waals surface area (Å²) in [4.78, 5) is 4.31. The lowest BCUT2D eigenvalue weighted by atomic mass is 9.73. The summed E-state index contributed by atoms with van der Waals surface area (Å²) in [5, 5.41) is 0. The van der Waals surface area contributed by atoms with Crippen LogP contribution >= 0.6 is 0 Å². The number of nitrogens with zero attached hydrogens (tertiary/aromatic N) is 1. The third-order valence-electron chi connectivity index (χ3n) is 4.38. The van der Waals surface area contributed by atoms with E-state index in [-0.39, 0.29) is 5.92 Å². The van der Waals surface area contributed by atoms with Gasteiger partial charge >= 0.3 is 6.18 Å². The van der Waals surface area contributed by atoms with E-state index >= 15 is 0 Å². The van der Waals surface area contributed by atoms with E-state index in [4.69, 9.17) is 4.74 Å². The van der Waals surface area contributed by atoms with Crippen LogP contribution in [-0.4, -0.2) is 17.8 Å². The van der Waals surface area contributed by atoms with Crippen molar-refractivity contribution in [3.8, 4) is 0 Å². The molecule has 0 radical (unpaired) electrons. The van der Waals surface area contributed by atoms with Gasteiger partial charge in [-0.15, -0.1) is 0 Å². The summed E-state index contributed by atoms with van der Waals surface area (Å²) in [5.41, 5.74) is -0.291. The highest BCUT2D eigenvalue weighted by atomic mass is 19.4. The van der Waals surface area contributed by atoms with Gasteiger partial charge in [0.1, 0.15) is 12.2 Å². The fraction of sp³-hybridized carbons (Fsp3) is 0.688. The maximum absolute atomic E-state index is 12.7. The van der Waals surface area contributed by atoms with Crippen LogP contribution in [-0.2, 0) is 10.3 Å². The molecule has 0 saturated heterocycles. The molecule has 2 nitrogen and oxygen atoms in total. The first-order chi connectivity index (χ1) is 9.98. The highest BCUT2D eigenvalue weighted by molar-refractivity contribution is 5.15. The van der Waals surface area contributed by atoms with Crippen LogP contribution in [0.5, 0.6) is 0 Å². The summed E-state index contributed by atoms with van der Waals surface area (Å²) in [6.45, 7) is 0.674. The number of hydrogen-bond donors (Lipinski definition) is 0. The molecule has 1 heterocycles. The monoisotopic (exact) mass is 301 g/mol. The van der Waals surface area contributed by atoms with Crippen LogP contribution in [0.2, 0.25) is 0 Å². The Kier molecular flexibility index (Phi) is 5.25. The molecule has 5 heteroatoms. The van der Waals surface area contributed by atoms with Gasteiger partial charge in [-0.25, -0.2) is 0 Å². The molecular formula is C16H22F3NO. The zero-order valence-corrected chi connectivity index (χ0v) is 12.3. The molecule has 0 amide bonds. The molecule has 2 rings (SSSR count). The second-order valence-electron chi connectivity index (χ2n) is 5.70. The van der Waals surface area contributed by atoms with E-state index in [2.05, 4.69) is 4.98 Å². The van der Waals surface area contributed by atoms with Crippen molar-refractivity contribution in [2.45, 2.75) is 57.2 Å². The molecule has 0 spiro atoms. The van der Waals surface area contributed by atoms with Crippen LogP contribution in [0.3, 0.4) is 0 Å². The van der Waals surface area contributed by atoms with Gasteiger partial charge < -0.3 is 4.74 Å². The van der Waals surface area contributed by atoms with Crippen molar-refractivity contribution in [3.05, 3.63) is 30.1 Å². The Balaban J connectivity index is 2.30. The molecule has 0 N–H and O–H groups in total. The van der Waals surface area contributed by atoms with Gasteiger partial charge in [-0.1, -0.05) is 32.3 Å². The highest BCUT2D eigenvalue weighted by Gasteiger charge is 2.44. The summed E-state index contributed by atoms with van der Waals surface area (Å²) in [5.74, 6) is 0.105. The molecule has 0 aromatic carbocycles. The van der Waals surface area contributed by atoms with Gasteiger partial charge in [0.05, 0.1) is 5.69 Å². The topological polar surface area (TPSA) is 22.1 Å². The normalized spacial score (nSPS) is 20.2. The lowest BCUT2D eigenvalue weighted by molar-refractivity contribution is -0.223. The lowest BCUT2D eigenvalue weighted by Crippen LogP contribution is -2.42. The fourth-order valence-corrected chi connectivity index (χ4v) is 3.37. The van der Waals surface area contributed by atoms with E-state index in [9.17, 15) is 13.2 Å². The van der Waals surface area contributed by atoms with Crippen LogP contribution in [0.15, 0.2) is 24.4 Å². The van der Waals surface area contributed by atoms with Crippen LogP contribution in [0.4, 0.5) is 13.2 Å². The van der Waals surface area contributed by atoms with E-state index in [0.29, 0.717) is 12.1 Å². The SMILES string of the molecule is CCC(OCC(F)(F)F)(c1ccccn1)C1CCCCC1. The standard InChI is InChI=1S/C16H22F3NO/c1-2-15(21-12-16(17,18)19,13-8-4-3-5-9-13)14-10-6-7-11-20-14/h6-7,10-11,13H,2-5,8-9,12H2,1H3. The summed E-state index contributed by atoms with van der Waals surface area (Å²) >= 11 is 0. The molecule has 118 valence electrons. The van der Waals surface area contributed by atoms with E-state index in [1.807, 2.05) is 13.0 Å². The number of alkyl halides is 3. The predicted octanol–water partition coefficient (Wildman–Crippen LogP) is 4.85. The average molecular weight is 301 g/mol. The zero-order chi connectivity index (χ0) is 15.3. The van der Waals surface area contributed by atoms with Gasteiger partial charge in [-0.05, 0) is 37.3 Å². The van der Waals surface area contributed by atoms with Gasteiger partial charge in [0.25, 0.3) is 0 Å². The van der Waals surface area contributed by atoms with E-state index in [1.165, 1.54) is 0 Å². The number of rotatable bonds is 5. The summed E-state index contributed by atoms with van der Waals surface area (Å²) in [6, 6.07) is 5.37. The molecule has 0 aliphatic heterocycles. The van der Waals surface area contributed by atoms with E-state index in [0.717, 1.165) is 32.1 Å². The number of aromatic nitrogens is 1. The van der Waals surface area contributed by atoms with Crippen molar-refractivity contribution in [3.63, 3.8) is 0 Å². The third kappa shape index (κ3) is 3.96. The fourth-order valence-electron chi connectivity index (χ4n) is 3.37. The minimum Gasteiger partial charge on any atom is -0.359 e. The van der Waals surface area contributed by atoms with Crippen molar-refractivity contribution in [2.75, 3.05) is 6.61 Å². The Morgan fingerprint density at radius 2 is 1.90 bits per heavy atom. The molecule has 1 aromatic rings. The maximum atomic E-state index is 12.7. The summed E-state index contributed by atoms with van der Waals surface area (Å²) in [7, 11) is 0. The first-order valence-corrected chi connectivity index (χ1v) is 7.60. The molecule has 1 fully saturated rings. The van der Waals surface area contributed by atoms with Crippen LogP contribution < -0.4 is 0 Å². The quantitative estimate of drug-likeness (QED) is 0.776. The number of halogens is 3. The smallest absolute Gasteiger partial charge is 0.359 e. The Morgan fingerprint density at radius 3 is 2.43 bits per heavy atom. The zero-order valence-electron chi connectivity index (χ0n) is 12.3. The van der Waals surface area contributed by atoms with Crippen LogP contribution in [0, 0.1) is 5.92 Å². The molecular weight excluding hydrogens is 279 g/mol. The first kappa shape index (κ1) is 16.3. The second-order valence-corrected chi connectivity index (χ2v) is 5.70. The molecule has 1 aliphatic rings. The Hall–Kier alpha value is -1.10. The van der Waals surface area contributed by atoms with Gasteiger partial charge in [-0.3, -0.25) is 4.98 Å². The molecule has 1 atom stereocenters. The molecule has 1 aliphatic carbocycles. The summed E-state index contributed by atoms with van der Waals surface area (Å²) < 4.78 is 43.5. The van der Waals surface area contributed by atoms with Crippen molar-refractivity contribution < 1.29 is 17.9 Å². The number of ether oxygens (including phenoxy) is 1. The highest BCUT2D eigenvalue weighted by Crippen LogP contribution is 2.44. The Morgan fingerprint density at radius 1 is 1.19 bits per heavy atom. The molecule has 1 saturated carbocycles. The first-order valence-electron chi connectivity index (χ1n) is 7.60. The van der Waals surface area contributed by atoms with Crippen molar-refractivity contribution in [2.24, 2.45) is 5.92 Å². The number of hydrogen-bond acceptors (Lipinski definition) is 2. The van der Waals surface area contributed by atoms with Crippen molar-refractivity contribution in [1.82, 2.24) is 4.98 Å². The van der Waals surface area contributed by atoms with Gasteiger partial charge in [0.15, 0.2) is 0 Å². The van der Waals surface area contributed by atoms with E-state index < -0.39 is 18.4 Å². The lowest BCUT2D eigenvalue weighted by Gasteiger charge is -2.41. The second kappa shape index (κ2) is 6.77. The molecule has 21 heavy (non-hydrogen) atoms. The summed E-state index contributed by atoms with van der Waals surface area (Å²) in [6.07, 6.45) is 2.87. The van der Waals surface area contributed by atoms with Crippen molar-refractivity contribution in [1.29, 1.82) is 0 Å². The van der Waals surface area contributed by atoms with Crippen LogP contribution in [0.25, 0.3) is 0 Å². The Labute approximate surface area is 123 Å². The van der Waals surface area contributed by atoms with Gasteiger partial charge in [0, 0.05) is 6.20 Å².